The fourth-order valence-corrected chi connectivity index (χ4v) is 2.79. The highest BCUT2D eigenvalue weighted by Crippen LogP contribution is 2.21. The lowest BCUT2D eigenvalue weighted by atomic mass is 10.1. The van der Waals surface area contributed by atoms with Gasteiger partial charge in [0.15, 0.2) is 10.7 Å². The van der Waals surface area contributed by atoms with Gasteiger partial charge in [-0.2, -0.15) is 0 Å². The fraction of sp³-hybridized carbons (Fsp3) is 0.0769. The van der Waals surface area contributed by atoms with Gasteiger partial charge in [0.2, 0.25) is 0 Å². The molecule has 3 aromatic rings. The third-order valence-corrected chi connectivity index (χ3v) is 3.89. The molecule has 2 aromatic heterocycles. The number of rotatable bonds is 3. The Labute approximate surface area is 117 Å². The number of fused-ring (bicyclic) bond motifs is 1. The Hall–Kier alpha value is -1.72. The smallest absolute Gasteiger partial charge is 0.193 e. The van der Waals surface area contributed by atoms with Crippen LogP contribution >= 0.6 is 22.9 Å². The summed E-state index contributed by atoms with van der Waals surface area (Å²) in [5, 5.41) is 1.78. The first-order valence-corrected chi connectivity index (χ1v) is 6.79. The normalized spacial score (nSPS) is 11.1. The van der Waals surface area contributed by atoms with Crippen LogP contribution in [-0.2, 0) is 6.42 Å². The molecular weight excluding hydrogens is 287 g/mol. The molecule has 0 radical (unpaired) electrons. The van der Waals surface area contributed by atoms with E-state index >= 15 is 0 Å². The molecule has 3 nitrogen and oxygen atoms in total. The predicted molar refractivity (Wildman–Crippen MR) is 72.5 cm³/mol. The summed E-state index contributed by atoms with van der Waals surface area (Å²) in [7, 11) is 0. The first kappa shape index (κ1) is 12.3. The summed E-state index contributed by atoms with van der Waals surface area (Å²) < 4.78 is 15.1. The van der Waals surface area contributed by atoms with Gasteiger partial charge in [-0.3, -0.25) is 9.20 Å². The molecule has 0 spiro atoms. The number of carbonyl (C=O) groups is 1. The van der Waals surface area contributed by atoms with Crippen LogP contribution in [0.4, 0.5) is 4.39 Å². The number of thiazole rings is 1. The van der Waals surface area contributed by atoms with Crippen LogP contribution in [0.25, 0.3) is 4.96 Å². The molecule has 6 heteroatoms. The monoisotopic (exact) mass is 294 g/mol. The molecule has 19 heavy (non-hydrogen) atoms. The first-order chi connectivity index (χ1) is 9.15. The molecule has 0 saturated carbocycles. The van der Waals surface area contributed by atoms with E-state index in [1.165, 1.54) is 29.5 Å². The number of halogens is 2. The third-order valence-electron chi connectivity index (χ3n) is 2.74. The van der Waals surface area contributed by atoms with Crippen LogP contribution in [0, 0.1) is 5.82 Å². The average Bonchev–Trinajstić information content (AvgIpc) is 2.93. The lowest BCUT2D eigenvalue weighted by Gasteiger charge is -2.02. The molecule has 0 unspecified atom stereocenters. The van der Waals surface area contributed by atoms with E-state index in [0.29, 0.717) is 5.69 Å². The summed E-state index contributed by atoms with van der Waals surface area (Å²) in [6, 6.07) is 4.22. The number of hydrogen-bond acceptors (Lipinski definition) is 3. The van der Waals surface area contributed by atoms with Crippen LogP contribution in [0.3, 0.4) is 0 Å². The summed E-state index contributed by atoms with van der Waals surface area (Å²) in [5.74, 6) is -0.825. The first-order valence-electron chi connectivity index (χ1n) is 5.53. The van der Waals surface area contributed by atoms with Crippen molar-refractivity contribution in [3.63, 3.8) is 0 Å². The van der Waals surface area contributed by atoms with Gasteiger partial charge in [0.05, 0.1) is 17.1 Å². The van der Waals surface area contributed by atoms with Gasteiger partial charge in [0.1, 0.15) is 5.82 Å². The van der Waals surface area contributed by atoms with Gasteiger partial charge in [-0.25, -0.2) is 9.37 Å². The van der Waals surface area contributed by atoms with Gasteiger partial charge in [-0.05, 0) is 12.1 Å². The molecule has 0 aliphatic rings. The zero-order valence-corrected chi connectivity index (χ0v) is 11.2. The molecule has 0 amide bonds. The molecular formula is C13H8ClFN2OS. The van der Waals surface area contributed by atoms with Gasteiger partial charge in [-0.1, -0.05) is 17.7 Å². The molecule has 96 valence electrons. The van der Waals surface area contributed by atoms with E-state index in [0.717, 1.165) is 4.96 Å². The lowest BCUT2D eigenvalue weighted by molar-refractivity contribution is 0.0992. The van der Waals surface area contributed by atoms with Crippen molar-refractivity contribution in [3.05, 3.63) is 58.1 Å². The molecule has 0 N–H and O–H groups in total. The Kier molecular flexibility index (Phi) is 3.08. The molecule has 0 atom stereocenters. The Morgan fingerprint density at radius 1 is 1.47 bits per heavy atom. The topological polar surface area (TPSA) is 34.4 Å². The number of carbonyl (C=O) groups excluding carboxylic acids is 1. The van der Waals surface area contributed by atoms with E-state index < -0.39 is 5.82 Å². The number of aromatic nitrogens is 2. The maximum absolute atomic E-state index is 13.3. The predicted octanol–water partition coefficient (Wildman–Crippen LogP) is 3.61. The SMILES string of the molecule is O=C(Cc1cn2ccsc2n1)c1cccc(F)c1Cl. The lowest BCUT2D eigenvalue weighted by Crippen LogP contribution is -2.05. The Morgan fingerprint density at radius 2 is 2.32 bits per heavy atom. The third kappa shape index (κ3) is 2.27. The van der Waals surface area contributed by atoms with E-state index in [1.54, 1.807) is 6.20 Å². The number of Topliss-reactive ketones (excluding diaryl/α,β-unsaturated/α-hetero) is 1. The summed E-state index contributed by atoms with van der Waals surface area (Å²) in [6.45, 7) is 0. The number of ketones is 1. The molecule has 0 aliphatic carbocycles. The standard InChI is InChI=1S/C13H8ClFN2OS/c14-12-9(2-1-3-10(12)15)11(18)6-8-7-17-4-5-19-13(17)16-8/h1-5,7H,6H2. The van der Waals surface area contributed by atoms with Crippen molar-refractivity contribution in [2.45, 2.75) is 6.42 Å². The minimum Gasteiger partial charge on any atom is -0.297 e. The summed E-state index contributed by atoms with van der Waals surface area (Å²) in [5.41, 5.74) is 0.843. The fourth-order valence-electron chi connectivity index (χ4n) is 1.84. The summed E-state index contributed by atoms with van der Waals surface area (Å²) in [6.07, 6.45) is 3.77. The van der Waals surface area contributed by atoms with Gasteiger partial charge >= 0.3 is 0 Å². The van der Waals surface area contributed by atoms with Gasteiger partial charge in [0, 0.05) is 23.3 Å². The maximum Gasteiger partial charge on any atom is 0.193 e. The van der Waals surface area contributed by atoms with E-state index in [2.05, 4.69) is 4.98 Å². The van der Waals surface area contributed by atoms with E-state index in [-0.39, 0.29) is 22.8 Å². The van der Waals surface area contributed by atoms with Crippen LogP contribution in [-0.4, -0.2) is 15.2 Å². The highest BCUT2D eigenvalue weighted by molar-refractivity contribution is 7.15. The van der Waals surface area contributed by atoms with Crippen LogP contribution < -0.4 is 0 Å². The zero-order chi connectivity index (χ0) is 13.4. The quantitative estimate of drug-likeness (QED) is 0.692. The Bertz CT molecular complexity index is 736. The number of benzene rings is 1. The second-order valence-electron chi connectivity index (χ2n) is 4.03. The van der Waals surface area contributed by atoms with Crippen molar-refractivity contribution in [1.29, 1.82) is 0 Å². The second-order valence-corrected chi connectivity index (χ2v) is 5.28. The molecule has 0 aliphatic heterocycles. The van der Waals surface area contributed by atoms with Crippen molar-refractivity contribution in [2.75, 3.05) is 0 Å². The van der Waals surface area contributed by atoms with Gasteiger partial charge < -0.3 is 0 Å². The van der Waals surface area contributed by atoms with E-state index in [1.807, 2.05) is 16.0 Å². The number of imidazole rings is 1. The van der Waals surface area contributed by atoms with Crippen molar-refractivity contribution in [2.24, 2.45) is 0 Å². The van der Waals surface area contributed by atoms with E-state index in [9.17, 15) is 9.18 Å². The average molecular weight is 295 g/mol. The molecule has 2 heterocycles. The van der Waals surface area contributed by atoms with Crippen molar-refractivity contribution >= 4 is 33.7 Å². The molecule has 0 fully saturated rings. The van der Waals surface area contributed by atoms with Crippen molar-refractivity contribution in [3.8, 4) is 0 Å². The zero-order valence-electron chi connectivity index (χ0n) is 9.64. The van der Waals surface area contributed by atoms with Crippen LogP contribution in [0.5, 0.6) is 0 Å². The van der Waals surface area contributed by atoms with Gasteiger partial charge in [0.25, 0.3) is 0 Å². The summed E-state index contributed by atoms with van der Waals surface area (Å²) >= 11 is 7.28. The van der Waals surface area contributed by atoms with Crippen LogP contribution in [0.2, 0.25) is 5.02 Å². The second kappa shape index (κ2) is 4.75. The minimum absolute atomic E-state index is 0.109. The number of nitrogens with zero attached hydrogens (tertiary/aromatic N) is 2. The highest BCUT2D eigenvalue weighted by atomic mass is 35.5. The number of hydrogen-bond donors (Lipinski definition) is 0. The van der Waals surface area contributed by atoms with Gasteiger partial charge in [-0.15, -0.1) is 11.3 Å². The van der Waals surface area contributed by atoms with Crippen LogP contribution in [0.15, 0.2) is 36.0 Å². The van der Waals surface area contributed by atoms with Crippen molar-refractivity contribution < 1.29 is 9.18 Å². The highest BCUT2D eigenvalue weighted by Gasteiger charge is 2.15. The molecule has 3 rings (SSSR count). The molecule has 1 aromatic carbocycles. The van der Waals surface area contributed by atoms with E-state index in [4.69, 9.17) is 11.6 Å². The molecule has 0 bridgehead atoms. The van der Waals surface area contributed by atoms with Crippen LogP contribution in [0.1, 0.15) is 16.1 Å². The Morgan fingerprint density at radius 3 is 3.11 bits per heavy atom. The largest absolute Gasteiger partial charge is 0.297 e. The maximum atomic E-state index is 13.3. The summed E-state index contributed by atoms with van der Waals surface area (Å²) in [4.78, 5) is 17.2. The minimum atomic E-state index is -0.585. The molecule has 0 saturated heterocycles. The van der Waals surface area contributed by atoms with Crippen molar-refractivity contribution in [1.82, 2.24) is 9.38 Å². The Balaban J connectivity index is 1.88.